The van der Waals surface area contributed by atoms with Crippen LogP contribution in [0.25, 0.3) is 11.0 Å². The van der Waals surface area contributed by atoms with E-state index in [1.54, 1.807) is 0 Å². The molecule has 0 spiro atoms. The summed E-state index contributed by atoms with van der Waals surface area (Å²) in [6.45, 7) is 6.17. The van der Waals surface area contributed by atoms with Crippen LogP contribution in [-0.2, 0) is 0 Å². The Morgan fingerprint density at radius 2 is 1.94 bits per heavy atom. The van der Waals surface area contributed by atoms with E-state index < -0.39 is 0 Å². The van der Waals surface area contributed by atoms with Gasteiger partial charge in [-0.2, -0.15) is 0 Å². The van der Waals surface area contributed by atoms with Gasteiger partial charge in [0.1, 0.15) is 5.82 Å². The smallest absolute Gasteiger partial charge is 0.147 e. The molecule has 0 aliphatic rings. The van der Waals surface area contributed by atoms with Crippen LogP contribution in [0.1, 0.15) is 13.8 Å². The molecule has 96 valence electrons. The van der Waals surface area contributed by atoms with Crippen molar-refractivity contribution in [3.63, 3.8) is 0 Å². The molecule has 0 radical (unpaired) electrons. The van der Waals surface area contributed by atoms with Gasteiger partial charge in [-0.1, -0.05) is 26.0 Å². The van der Waals surface area contributed by atoms with Crippen molar-refractivity contribution in [3.8, 4) is 0 Å². The van der Waals surface area contributed by atoms with Gasteiger partial charge in [0, 0.05) is 26.2 Å². The van der Waals surface area contributed by atoms with Crippen LogP contribution in [0.15, 0.2) is 30.5 Å². The van der Waals surface area contributed by atoms with Gasteiger partial charge in [0.2, 0.25) is 0 Å². The lowest BCUT2D eigenvalue weighted by Crippen LogP contribution is -2.33. The van der Waals surface area contributed by atoms with Crippen molar-refractivity contribution in [2.45, 2.75) is 19.9 Å². The minimum Gasteiger partial charge on any atom is -0.357 e. The Morgan fingerprint density at radius 1 is 1.22 bits per heavy atom. The Hall–Kier alpha value is -1.68. The molecule has 0 saturated heterocycles. The molecular formula is C14H20N4. The van der Waals surface area contributed by atoms with Gasteiger partial charge in [-0.15, -0.1) is 0 Å². The third kappa shape index (κ3) is 3.17. The summed E-state index contributed by atoms with van der Waals surface area (Å²) in [6, 6.07) is 8.45. The van der Waals surface area contributed by atoms with Crippen molar-refractivity contribution in [1.82, 2.24) is 15.3 Å². The fraction of sp³-hybridized carbons (Fsp3) is 0.429. The molecule has 18 heavy (non-hydrogen) atoms. The van der Waals surface area contributed by atoms with Crippen LogP contribution in [0, 0.1) is 0 Å². The molecule has 2 rings (SSSR count). The number of benzene rings is 1. The van der Waals surface area contributed by atoms with Crippen molar-refractivity contribution >= 4 is 16.9 Å². The summed E-state index contributed by atoms with van der Waals surface area (Å²) in [5.41, 5.74) is 1.88. The van der Waals surface area contributed by atoms with Gasteiger partial charge in [-0.05, 0) is 12.1 Å². The minimum atomic E-state index is 0.515. The van der Waals surface area contributed by atoms with Crippen LogP contribution >= 0.6 is 0 Å². The summed E-state index contributed by atoms with van der Waals surface area (Å²) < 4.78 is 0. The lowest BCUT2D eigenvalue weighted by molar-refractivity contribution is 0.588. The molecule has 0 amide bonds. The van der Waals surface area contributed by atoms with E-state index in [4.69, 9.17) is 0 Å². The van der Waals surface area contributed by atoms with Crippen molar-refractivity contribution in [3.05, 3.63) is 30.5 Å². The van der Waals surface area contributed by atoms with E-state index in [0.29, 0.717) is 6.04 Å². The number of rotatable bonds is 5. The van der Waals surface area contributed by atoms with Crippen LogP contribution in [-0.4, -0.2) is 36.1 Å². The average Bonchev–Trinajstić information content (AvgIpc) is 2.37. The van der Waals surface area contributed by atoms with Crippen LogP contribution in [0.4, 0.5) is 5.82 Å². The maximum Gasteiger partial charge on any atom is 0.147 e. The molecule has 0 atom stereocenters. The lowest BCUT2D eigenvalue weighted by atomic mass is 10.3. The third-order valence-corrected chi connectivity index (χ3v) is 2.83. The number of hydrogen-bond acceptors (Lipinski definition) is 4. The normalized spacial score (nSPS) is 11.1. The van der Waals surface area contributed by atoms with Gasteiger partial charge in [-0.25, -0.2) is 4.98 Å². The summed E-state index contributed by atoms with van der Waals surface area (Å²) in [6.07, 6.45) is 1.83. The SMILES string of the molecule is CC(C)NCCN(C)c1cnc2ccccc2n1. The topological polar surface area (TPSA) is 41.0 Å². The van der Waals surface area contributed by atoms with E-state index >= 15 is 0 Å². The van der Waals surface area contributed by atoms with Gasteiger partial charge in [0.15, 0.2) is 0 Å². The predicted molar refractivity (Wildman–Crippen MR) is 75.9 cm³/mol. The summed E-state index contributed by atoms with van der Waals surface area (Å²) >= 11 is 0. The molecule has 0 unspecified atom stereocenters. The van der Waals surface area contributed by atoms with Crippen molar-refractivity contribution in [2.24, 2.45) is 0 Å². The molecule has 1 aromatic carbocycles. The Kier molecular flexibility index (Phi) is 4.10. The Labute approximate surface area is 108 Å². The molecule has 0 bridgehead atoms. The second kappa shape index (κ2) is 5.78. The highest BCUT2D eigenvalue weighted by Gasteiger charge is 2.04. The Balaban J connectivity index is 2.06. The maximum absolute atomic E-state index is 4.61. The molecule has 1 aromatic heterocycles. The first-order chi connectivity index (χ1) is 8.66. The van der Waals surface area contributed by atoms with Gasteiger partial charge in [0.25, 0.3) is 0 Å². The zero-order valence-corrected chi connectivity index (χ0v) is 11.2. The maximum atomic E-state index is 4.61. The molecule has 1 heterocycles. The number of fused-ring (bicyclic) bond motifs is 1. The van der Waals surface area contributed by atoms with E-state index in [2.05, 4.69) is 34.0 Å². The number of anilines is 1. The van der Waals surface area contributed by atoms with Crippen LogP contribution < -0.4 is 10.2 Å². The average molecular weight is 244 g/mol. The second-order valence-corrected chi connectivity index (χ2v) is 4.75. The first-order valence-electron chi connectivity index (χ1n) is 6.33. The van der Waals surface area contributed by atoms with Crippen LogP contribution in [0.3, 0.4) is 0 Å². The predicted octanol–water partition coefficient (Wildman–Crippen LogP) is 2.06. The number of aromatic nitrogens is 2. The summed E-state index contributed by atoms with van der Waals surface area (Å²) in [4.78, 5) is 11.1. The summed E-state index contributed by atoms with van der Waals surface area (Å²) in [5.74, 6) is 0.916. The Bertz CT molecular complexity index is 510. The molecule has 0 aliphatic carbocycles. The van der Waals surface area contributed by atoms with E-state index in [1.165, 1.54) is 0 Å². The summed E-state index contributed by atoms with van der Waals surface area (Å²) in [5, 5.41) is 3.39. The number of nitrogens with zero attached hydrogens (tertiary/aromatic N) is 3. The standard InChI is InChI=1S/C14H20N4/c1-11(2)15-8-9-18(3)14-10-16-12-6-4-5-7-13(12)17-14/h4-7,10-11,15H,8-9H2,1-3H3. The lowest BCUT2D eigenvalue weighted by Gasteiger charge is -2.19. The first kappa shape index (κ1) is 12.8. The largest absolute Gasteiger partial charge is 0.357 e. The van der Waals surface area contributed by atoms with Crippen molar-refractivity contribution in [1.29, 1.82) is 0 Å². The third-order valence-electron chi connectivity index (χ3n) is 2.83. The van der Waals surface area contributed by atoms with Gasteiger partial charge >= 0.3 is 0 Å². The van der Waals surface area contributed by atoms with E-state index in [1.807, 2.05) is 37.5 Å². The highest BCUT2D eigenvalue weighted by Crippen LogP contribution is 2.13. The van der Waals surface area contributed by atoms with Crippen molar-refractivity contribution in [2.75, 3.05) is 25.0 Å². The minimum absolute atomic E-state index is 0.515. The highest BCUT2D eigenvalue weighted by atomic mass is 15.2. The van der Waals surface area contributed by atoms with Crippen LogP contribution in [0.5, 0.6) is 0 Å². The number of nitrogens with one attached hydrogen (secondary N) is 1. The number of likely N-dealkylation sites (N-methyl/N-ethyl adjacent to an activating group) is 1. The number of para-hydroxylation sites is 2. The first-order valence-corrected chi connectivity index (χ1v) is 6.33. The second-order valence-electron chi connectivity index (χ2n) is 4.75. The van der Waals surface area contributed by atoms with Crippen molar-refractivity contribution < 1.29 is 0 Å². The Morgan fingerprint density at radius 3 is 2.67 bits per heavy atom. The van der Waals surface area contributed by atoms with Crippen LogP contribution in [0.2, 0.25) is 0 Å². The zero-order valence-electron chi connectivity index (χ0n) is 11.2. The molecule has 0 aliphatic heterocycles. The van der Waals surface area contributed by atoms with E-state index in [0.717, 1.165) is 29.9 Å². The monoisotopic (exact) mass is 244 g/mol. The molecule has 0 saturated carbocycles. The summed E-state index contributed by atoms with van der Waals surface area (Å²) in [7, 11) is 2.04. The van der Waals surface area contributed by atoms with Gasteiger partial charge < -0.3 is 10.2 Å². The van der Waals surface area contributed by atoms with Gasteiger partial charge in [0.05, 0.1) is 17.2 Å². The molecule has 4 heteroatoms. The zero-order chi connectivity index (χ0) is 13.0. The van der Waals surface area contributed by atoms with Gasteiger partial charge in [-0.3, -0.25) is 4.98 Å². The quantitative estimate of drug-likeness (QED) is 0.874. The molecule has 1 N–H and O–H groups in total. The van der Waals surface area contributed by atoms with E-state index in [-0.39, 0.29) is 0 Å². The highest BCUT2D eigenvalue weighted by molar-refractivity contribution is 5.75. The molecule has 0 fully saturated rings. The fourth-order valence-electron chi connectivity index (χ4n) is 1.77. The molecular weight excluding hydrogens is 224 g/mol. The molecule has 4 nitrogen and oxygen atoms in total. The van der Waals surface area contributed by atoms with E-state index in [9.17, 15) is 0 Å². The molecule has 2 aromatic rings. The number of hydrogen-bond donors (Lipinski definition) is 1. The fourth-order valence-corrected chi connectivity index (χ4v) is 1.77.